The summed E-state index contributed by atoms with van der Waals surface area (Å²) in [4.78, 5) is 25.2. The van der Waals surface area contributed by atoms with Crippen molar-refractivity contribution in [1.82, 2.24) is 0 Å². The Morgan fingerprint density at radius 2 is 1.71 bits per heavy atom. The molecule has 0 aliphatic rings. The van der Waals surface area contributed by atoms with Gasteiger partial charge in [0.1, 0.15) is 5.75 Å². The van der Waals surface area contributed by atoms with E-state index in [4.69, 9.17) is 4.74 Å². The fourth-order valence-electron chi connectivity index (χ4n) is 2.33. The first-order valence-electron chi connectivity index (χ1n) is 7.73. The highest BCUT2D eigenvalue weighted by atomic mass is 16.5. The van der Waals surface area contributed by atoms with Gasteiger partial charge in [-0.2, -0.15) is 0 Å². The number of hydrogen-bond acceptors (Lipinski definition) is 3. The van der Waals surface area contributed by atoms with E-state index in [0.29, 0.717) is 5.56 Å². The first-order chi connectivity index (χ1) is 11.4. The van der Waals surface area contributed by atoms with Gasteiger partial charge in [-0.15, -0.1) is 0 Å². The maximum atomic E-state index is 12.5. The lowest BCUT2D eigenvalue weighted by atomic mass is 10.0. The van der Waals surface area contributed by atoms with Gasteiger partial charge in [0, 0.05) is 12.7 Å². The third-order valence-electron chi connectivity index (χ3n) is 3.56. The summed E-state index contributed by atoms with van der Waals surface area (Å²) < 4.78 is 5.58. The number of amides is 1. The maximum absolute atomic E-state index is 12.5. The van der Waals surface area contributed by atoms with Crippen LogP contribution in [0.15, 0.2) is 48.5 Å². The number of benzene rings is 2. The first kappa shape index (κ1) is 17.5. The molecule has 0 atom stereocenters. The molecule has 0 spiro atoms. The number of carboxylic acid groups (broad SMARTS) is 1. The third-order valence-corrected chi connectivity index (χ3v) is 3.56. The molecule has 0 saturated carbocycles. The van der Waals surface area contributed by atoms with Gasteiger partial charge in [-0.1, -0.05) is 18.2 Å². The average Bonchev–Trinajstić information content (AvgIpc) is 2.54. The summed E-state index contributed by atoms with van der Waals surface area (Å²) in [5.41, 5.74) is 1.38. The van der Waals surface area contributed by atoms with Gasteiger partial charge in [0.15, 0.2) is 0 Å². The molecule has 0 fully saturated rings. The van der Waals surface area contributed by atoms with Crippen LogP contribution in [-0.2, 0) is 11.2 Å². The number of ether oxygens (including phenoxy) is 1. The molecule has 0 aliphatic heterocycles. The summed E-state index contributed by atoms with van der Waals surface area (Å²) in [7, 11) is 1.67. The van der Waals surface area contributed by atoms with E-state index in [2.05, 4.69) is 0 Å². The van der Waals surface area contributed by atoms with Gasteiger partial charge in [0.2, 0.25) is 5.91 Å². The standard InChI is InChI=1S/C19H21NO4/c1-13(2)24-16-10-8-15(9-11-16)20(3)18(21)12-14-6-4-5-7-17(14)19(22)23/h4-11,13H,12H2,1-3H3,(H,22,23). The molecule has 0 radical (unpaired) electrons. The summed E-state index contributed by atoms with van der Waals surface area (Å²) in [6.07, 6.45) is 0.117. The lowest BCUT2D eigenvalue weighted by molar-refractivity contribution is -0.117. The van der Waals surface area contributed by atoms with E-state index in [-0.39, 0.29) is 24.0 Å². The molecule has 0 saturated heterocycles. The SMILES string of the molecule is CC(C)Oc1ccc(N(C)C(=O)Cc2ccccc2C(=O)O)cc1. The Balaban J connectivity index is 2.11. The number of anilines is 1. The molecule has 1 amide bonds. The van der Waals surface area contributed by atoms with Crippen LogP contribution in [-0.4, -0.2) is 30.1 Å². The molecule has 0 aliphatic carbocycles. The molecule has 2 rings (SSSR count). The second-order valence-electron chi connectivity index (χ2n) is 5.75. The van der Waals surface area contributed by atoms with Crippen LogP contribution < -0.4 is 9.64 Å². The molecule has 0 unspecified atom stereocenters. The van der Waals surface area contributed by atoms with Gasteiger partial charge in [-0.3, -0.25) is 4.79 Å². The van der Waals surface area contributed by atoms with Gasteiger partial charge in [-0.05, 0) is 49.7 Å². The fourth-order valence-corrected chi connectivity index (χ4v) is 2.33. The number of likely N-dealkylation sites (N-methyl/N-ethyl adjacent to an activating group) is 1. The Morgan fingerprint density at radius 3 is 2.29 bits per heavy atom. The minimum atomic E-state index is -1.03. The predicted octanol–water partition coefficient (Wildman–Crippen LogP) is 3.38. The lowest BCUT2D eigenvalue weighted by Gasteiger charge is -2.19. The quantitative estimate of drug-likeness (QED) is 0.883. The van der Waals surface area contributed by atoms with E-state index in [0.717, 1.165) is 11.4 Å². The maximum Gasteiger partial charge on any atom is 0.335 e. The van der Waals surface area contributed by atoms with Crippen molar-refractivity contribution >= 4 is 17.6 Å². The first-order valence-corrected chi connectivity index (χ1v) is 7.73. The lowest BCUT2D eigenvalue weighted by Crippen LogP contribution is -2.28. The Kier molecular flexibility index (Phi) is 5.58. The molecule has 126 valence electrons. The highest BCUT2D eigenvalue weighted by Gasteiger charge is 2.16. The monoisotopic (exact) mass is 327 g/mol. The molecule has 0 heterocycles. The normalized spacial score (nSPS) is 10.5. The van der Waals surface area contributed by atoms with E-state index in [9.17, 15) is 14.7 Å². The van der Waals surface area contributed by atoms with Crippen molar-refractivity contribution in [3.63, 3.8) is 0 Å². The second kappa shape index (κ2) is 7.64. The molecule has 2 aromatic rings. The third kappa shape index (κ3) is 4.35. The van der Waals surface area contributed by atoms with Crippen molar-refractivity contribution in [2.24, 2.45) is 0 Å². The molecular weight excluding hydrogens is 306 g/mol. The zero-order valence-electron chi connectivity index (χ0n) is 14.0. The molecular formula is C19H21NO4. The zero-order chi connectivity index (χ0) is 17.7. The number of nitrogens with zero attached hydrogens (tertiary/aromatic N) is 1. The number of hydrogen-bond donors (Lipinski definition) is 1. The van der Waals surface area contributed by atoms with E-state index < -0.39 is 5.97 Å². The molecule has 5 heteroatoms. The molecule has 0 bridgehead atoms. The largest absolute Gasteiger partial charge is 0.491 e. The van der Waals surface area contributed by atoms with Crippen molar-refractivity contribution in [2.45, 2.75) is 26.4 Å². The number of carbonyl (C=O) groups excluding carboxylic acids is 1. The van der Waals surface area contributed by atoms with Crippen LogP contribution in [0.1, 0.15) is 29.8 Å². The van der Waals surface area contributed by atoms with Gasteiger partial charge in [0.25, 0.3) is 0 Å². The minimum Gasteiger partial charge on any atom is -0.491 e. The van der Waals surface area contributed by atoms with Crippen LogP contribution in [0.4, 0.5) is 5.69 Å². The minimum absolute atomic E-state index is 0.0310. The molecule has 0 aromatic heterocycles. The number of rotatable bonds is 6. The van der Waals surface area contributed by atoms with Crippen molar-refractivity contribution in [1.29, 1.82) is 0 Å². The van der Waals surface area contributed by atoms with Crippen LogP contribution in [0, 0.1) is 0 Å². The van der Waals surface area contributed by atoms with E-state index in [1.54, 1.807) is 37.4 Å². The Hall–Kier alpha value is -2.82. The van der Waals surface area contributed by atoms with E-state index in [1.165, 1.54) is 11.0 Å². The van der Waals surface area contributed by atoms with Crippen molar-refractivity contribution in [3.05, 3.63) is 59.7 Å². The van der Waals surface area contributed by atoms with Crippen LogP contribution in [0.2, 0.25) is 0 Å². The highest BCUT2D eigenvalue weighted by molar-refractivity contribution is 5.97. The van der Waals surface area contributed by atoms with Gasteiger partial charge in [-0.25, -0.2) is 4.79 Å². The van der Waals surface area contributed by atoms with Crippen LogP contribution in [0.25, 0.3) is 0 Å². The number of carbonyl (C=O) groups is 2. The van der Waals surface area contributed by atoms with Gasteiger partial charge < -0.3 is 14.7 Å². The summed E-state index contributed by atoms with van der Waals surface area (Å²) in [6, 6.07) is 13.8. The van der Waals surface area contributed by atoms with Crippen molar-refractivity contribution < 1.29 is 19.4 Å². The van der Waals surface area contributed by atoms with Crippen LogP contribution in [0.3, 0.4) is 0 Å². The van der Waals surface area contributed by atoms with E-state index >= 15 is 0 Å². The summed E-state index contributed by atoms with van der Waals surface area (Å²) in [5, 5.41) is 9.20. The van der Waals surface area contributed by atoms with Gasteiger partial charge >= 0.3 is 5.97 Å². The van der Waals surface area contributed by atoms with Gasteiger partial charge in [0.05, 0.1) is 18.1 Å². The Morgan fingerprint density at radius 1 is 1.08 bits per heavy atom. The molecule has 1 N–H and O–H groups in total. The Labute approximate surface area is 141 Å². The summed E-state index contributed by atoms with van der Waals surface area (Å²) in [5.74, 6) is -0.469. The fraction of sp³-hybridized carbons (Fsp3) is 0.263. The smallest absolute Gasteiger partial charge is 0.335 e. The average molecular weight is 327 g/mol. The summed E-state index contributed by atoms with van der Waals surface area (Å²) in [6.45, 7) is 3.90. The topological polar surface area (TPSA) is 66.8 Å². The van der Waals surface area contributed by atoms with Crippen molar-refractivity contribution in [2.75, 3.05) is 11.9 Å². The molecule has 24 heavy (non-hydrogen) atoms. The zero-order valence-corrected chi connectivity index (χ0v) is 14.0. The number of carboxylic acids is 1. The Bertz CT molecular complexity index is 722. The molecule has 2 aromatic carbocycles. The second-order valence-corrected chi connectivity index (χ2v) is 5.75. The van der Waals surface area contributed by atoms with Crippen LogP contribution >= 0.6 is 0 Å². The van der Waals surface area contributed by atoms with E-state index in [1.807, 2.05) is 26.0 Å². The molecule has 5 nitrogen and oxygen atoms in total. The highest BCUT2D eigenvalue weighted by Crippen LogP contribution is 2.20. The van der Waals surface area contributed by atoms with Crippen LogP contribution in [0.5, 0.6) is 5.75 Å². The predicted molar refractivity (Wildman–Crippen MR) is 92.7 cm³/mol. The number of aromatic carboxylic acids is 1. The summed E-state index contributed by atoms with van der Waals surface area (Å²) >= 11 is 0. The van der Waals surface area contributed by atoms with Crippen molar-refractivity contribution in [3.8, 4) is 5.75 Å².